The van der Waals surface area contributed by atoms with Crippen LogP contribution in [0.2, 0.25) is 0 Å². The van der Waals surface area contributed by atoms with Crippen LogP contribution in [0.15, 0.2) is 35.1 Å². The van der Waals surface area contributed by atoms with Crippen molar-refractivity contribution in [3.63, 3.8) is 0 Å². The molecule has 6 nitrogen and oxygen atoms in total. The van der Waals surface area contributed by atoms with Gasteiger partial charge in [-0.05, 0) is 26.3 Å². The summed E-state index contributed by atoms with van der Waals surface area (Å²) in [5, 5.41) is 10.7. The third-order valence-corrected chi connectivity index (χ3v) is 2.41. The average Bonchev–Trinajstić information content (AvgIpc) is 2.27. The molecule has 0 saturated carbocycles. The molecule has 0 N–H and O–H groups in total. The SMILES string of the molecule is CC(=O)C(C(=O)OC(C)C)=C1C=CC=C([N+](=O)[O-])C1. The van der Waals surface area contributed by atoms with Crippen LogP contribution in [0.3, 0.4) is 0 Å². The summed E-state index contributed by atoms with van der Waals surface area (Å²) in [4.78, 5) is 33.6. The van der Waals surface area contributed by atoms with Crippen LogP contribution in [0.4, 0.5) is 0 Å². The van der Waals surface area contributed by atoms with Crippen molar-refractivity contribution in [1.29, 1.82) is 0 Å². The maximum absolute atomic E-state index is 11.8. The van der Waals surface area contributed by atoms with E-state index in [1.807, 2.05) is 0 Å². The third-order valence-electron chi connectivity index (χ3n) is 2.41. The van der Waals surface area contributed by atoms with Crippen molar-refractivity contribution in [3.8, 4) is 0 Å². The monoisotopic (exact) mass is 265 g/mol. The molecule has 1 rings (SSSR count). The van der Waals surface area contributed by atoms with Crippen molar-refractivity contribution >= 4 is 11.8 Å². The zero-order valence-electron chi connectivity index (χ0n) is 11.0. The highest BCUT2D eigenvalue weighted by atomic mass is 16.6. The lowest BCUT2D eigenvalue weighted by Gasteiger charge is -2.13. The number of nitrogens with zero attached hydrogens (tertiary/aromatic N) is 1. The summed E-state index contributed by atoms with van der Waals surface area (Å²) in [6.07, 6.45) is 3.88. The molecule has 0 spiro atoms. The van der Waals surface area contributed by atoms with E-state index >= 15 is 0 Å². The number of nitro groups is 1. The topological polar surface area (TPSA) is 86.5 Å². The molecule has 1 aliphatic rings. The van der Waals surface area contributed by atoms with Gasteiger partial charge in [-0.25, -0.2) is 4.79 Å². The summed E-state index contributed by atoms with van der Waals surface area (Å²) in [5.74, 6) is -1.21. The molecule has 0 atom stereocenters. The van der Waals surface area contributed by atoms with Gasteiger partial charge in [0.05, 0.1) is 17.4 Å². The van der Waals surface area contributed by atoms with Gasteiger partial charge in [-0.3, -0.25) is 14.9 Å². The first kappa shape index (κ1) is 14.8. The smallest absolute Gasteiger partial charge is 0.342 e. The molecular formula is C13H15NO5. The molecule has 0 aromatic carbocycles. The van der Waals surface area contributed by atoms with Crippen LogP contribution < -0.4 is 0 Å². The number of esters is 1. The number of carbonyl (C=O) groups is 2. The van der Waals surface area contributed by atoms with Crippen molar-refractivity contribution in [1.82, 2.24) is 0 Å². The number of hydrogen-bond acceptors (Lipinski definition) is 5. The molecule has 0 heterocycles. The zero-order chi connectivity index (χ0) is 14.6. The molecule has 0 radical (unpaired) electrons. The molecular weight excluding hydrogens is 250 g/mol. The van der Waals surface area contributed by atoms with Gasteiger partial charge in [-0.15, -0.1) is 0 Å². The van der Waals surface area contributed by atoms with Crippen molar-refractivity contribution in [2.45, 2.75) is 33.3 Å². The molecule has 0 saturated heterocycles. The predicted octanol–water partition coefficient (Wildman–Crippen LogP) is 1.94. The summed E-state index contributed by atoms with van der Waals surface area (Å²) in [7, 11) is 0. The number of ketones is 1. The Hall–Kier alpha value is -2.24. The van der Waals surface area contributed by atoms with Crippen LogP contribution in [-0.4, -0.2) is 22.8 Å². The molecule has 19 heavy (non-hydrogen) atoms. The minimum atomic E-state index is -0.744. The lowest BCUT2D eigenvalue weighted by Crippen LogP contribution is -2.20. The third kappa shape index (κ3) is 3.87. The van der Waals surface area contributed by atoms with Gasteiger partial charge in [-0.2, -0.15) is 0 Å². The summed E-state index contributed by atoms with van der Waals surface area (Å²) < 4.78 is 4.98. The van der Waals surface area contributed by atoms with E-state index in [1.54, 1.807) is 13.8 Å². The average molecular weight is 265 g/mol. The van der Waals surface area contributed by atoms with Crippen LogP contribution in [0, 0.1) is 10.1 Å². The van der Waals surface area contributed by atoms with E-state index in [-0.39, 0.29) is 23.8 Å². The van der Waals surface area contributed by atoms with Crippen LogP contribution in [0.1, 0.15) is 27.2 Å². The first-order chi connectivity index (χ1) is 8.82. The summed E-state index contributed by atoms with van der Waals surface area (Å²) in [5.41, 5.74) is 0.123. The minimum absolute atomic E-state index is 0.0615. The second kappa shape index (κ2) is 6.08. The molecule has 0 fully saturated rings. The number of ether oxygens (including phenoxy) is 1. The molecule has 102 valence electrons. The standard InChI is InChI=1S/C13H15NO5/c1-8(2)19-13(16)12(9(3)15)10-5-4-6-11(7-10)14(17)18/h4-6,8H,7H2,1-3H3. The Balaban J connectivity index is 3.12. The number of hydrogen-bond donors (Lipinski definition) is 0. The van der Waals surface area contributed by atoms with E-state index in [0.29, 0.717) is 5.57 Å². The van der Waals surface area contributed by atoms with E-state index in [1.165, 1.54) is 25.2 Å². The van der Waals surface area contributed by atoms with Gasteiger partial charge in [0.1, 0.15) is 5.57 Å². The Kier molecular flexibility index (Phi) is 4.74. The molecule has 0 aromatic heterocycles. The number of carbonyl (C=O) groups excluding carboxylic acids is 2. The zero-order valence-corrected chi connectivity index (χ0v) is 11.0. The maximum atomic E-state index is 11.8. The van der Waals surface area contributed by atoms with Gasteiger partial charge in [0.25, 0.3) is 5.70 Å². The Bertz CT molecular complexity index is 511. The quantitative estimate of drug-likeness (QED) is 0.193. The molecule has 0 aromatic rings. The predicted molar refractivity (Wildman–Crippen MR) is 67.8 cm³/mol. The van der Waals surface area contributed by atoms with Crippen molar-refractivity contribution in [3.05, 3.63) is 45.2 Å². The van der Waals surface area contributed by atoms with Crippen molar-refractivity contribution in [2.24, 2.45) is 0 Å². The van der Waals surface area contributed by atoms with Crippen LogP contribution >= 0.6 is 0 Å². The second-order valence-electron chi connectivity index (χ2n) is 4.36. The fourth-order valence-electron chi connectivity index (χ4n) is 1.66. The van der Waals surface area contributed by atoms with Gasteiger partial charge in [0.2, 0.25) is 0 Å². The summed E-state index contributed by atoms with van der Waals surface area (Å²) in [6.45, 7) is 4.57. The summed E-state index contributed by atoms with van der Waals surface area (Å²) in [6, 6.07) is 0. The van der Waals surface area contributed by atoms with Crippen molar-refractivity contribution in [2.75, 3.05) is 0 Å². The van der Waals surface area contributed by atoms with Gasteiger partial charge in [0.15, 0.2) is 5.78 Å². The Morgan fingerprint density at radius 1 is 1.42 bits per heavy atom. The lowest BCUT2D eigenvalue weighted by molar-refractivity contribution is -0.427. The molecule has 1 aliphatic carbocycles. The van der Waals surface area contributed by atoms with E-state index < -0.39 is 16.7 Å². The minimum Gasteiger partial charge on any atom is -0.459 e. The first-order valence-electron chi connectivity index (χ1n) is 5.79. The Morgan fingerprint density at radius 2 is 2.05 bits per heavy atom. The molecule has 6 heteroatoms. The van der Waals surface area contributed by atoms with E-state index in [0.717, 1.165) is 0 Å². The second-order valence-corrected chi connectivity index (χ2v) is 4.36. The summed E-state index contributed by atoms with van der Waals surface area (Å²) >= 11 is 0. The molecule has 0 bridgehead atoms. The Labute approximate surface area is 110 Å². The van der Waals surface area contributed by atoms with Crippen molar-refractivity contribution < 1.29 is 19.2 Å². The Morgan fingerprint density at radius 3 is 2.53 bits per heavy atom. The van der Waals surface area contributed by atoms with Gasteiger partial charge in [-0.1, -0.05) is 12.2 Å². The van der Waals surface area contributed by atoms with Crippen LogP contribution in [-0.2, 0) is 14.3 Å². The fraction of sp³-hybridized carbons (Fsp3) is 0.385. The largest absolute Gasteiger partial charge is 0.459 e. The maximum Gasteiger partial charge on any atom is 0.342 e. The van der Waals surface area contributed by atoms with Crippen LogP contribution in [0.25, 0.3) is 0 Å². The van der Waals surface area contributed by atoms with Gasteiger partial charge in [0, 0.05) is 6.08 Å². The molecule has 0 unspecified atom stereocenters. The highest BCUT2D eigenvalue weighted by molar-refractivity contribution is 6.17. The highest BCUT2D eigenvalue weighted by Crippen LogP contribution is 2.23. The van der Waals surface area contributed by atoms with E-state index in [2.05, 4.69) is 0 Å². The fourth-order valence-corrected chi connectivity index (χ4v) is 1.66. The highest BCUT2D eigenvalue weighted by Gasteiger charge is 2.25. The molecule has 0 aliphatic heterocycles. The normalized spacial score (nSPS) is 16.9. The number of rotatable bonds is 4. The van der Waals surface area contributed by atoms with Gasteiger partial charge < -0.3 is 4.74 Å². The number of allylic oxidation sites excluding steroid dienone is 4. The number of Topliss-reactive ketones (excluding diaryl/α,β-unsaturated/α-hetero) is 1. The van der Waals surface area contributed by atoms with Gasteiger partial charge >= 0.3 is 5.97 Å². The lowest BCUT2D eigenvalue weighted by atomic mass is 9.97. The molecule has 0 amide bonds. The van der Waals surface area contributed by atoms with E-state index in [9.17, 15) is 19.7 Å². The van der Waals surface area contributed by atoms with Crippen LogP contribution in [0.5, 0.6) is 0 Å². The van der Waals surface area contributed by atoms with E-state index in [4.69, 9.17) is 4.74 Å². The first-order valence-corrected chi connectivity index (χ1v) is 5.79.